The molecule has 3 rings (SSSR count). The molecule has 15 heavy (non-hydrogen) atoms. The van der Waals surface area contributed by atoms with Gasteiger partial charge in [0.25, 0.3) is 0 Å². The zero-order valence-electron chi connectivity index (χ0n) is 9.23. The van der Waals surface area contributed by atoms with E-state index in [-0.39, 0.29) is 12.2 Å². The predicted octanol–water partition coefficient (Wildman–Crippen LogP) is 3.57. The molecule has 1 heteroatoms. The Bertz CT molecular complexity index is 417. The van der Waals surface area contributed by atoms with Crippen molar-refractivity contribution < 1.29 is 4.74 Å². The SMILES string of the molecule is CC(C)Cc1ccc2c(c1)C1C=CC2O1. The highest BCUT2D eigenvalue weighted by molar-refractivity contribution is 5.45. The smallest absolute Gasteiger partial charge is 0.102 e. The Hall–Kier alpha value is -1.08. The van der Waals surface area contributed by atoms with Crippen LogP contribution in [0.5, 0.6) is 0 Å². The van der Waals surface area contributed by atoms with Crippen molar-refractivity contribution in [2.75, 3.05) is 0 Å². The second-order valence-corrected chi connectivity index (χ2v) is 4.92. The summed E-state index contributed by atoms with van der Waals surface area (Å²) in [7, 11) is 0. The van der Waals surface area contributed by atoms with E-state index < -0.39 is 0 Å². The first-order valence-corrected chi connectivity index (χ1v) is 5.70. The van der Waals surface area contributed by atoms with Gasteiger partial charge in [-0.3, -0.25) is 0 Å². The summed E-state index contributed by atoms with van der Waals surface area (Å²) in [5.74, 6) is 0.720. The van der Waals surface area contributed by atoms with E-state index in [0.29, 0.717) is 0 Å². The minimum Gasteiger partial charge on any atom is -0.357 e. The molecule has 0 saturated carbocycles. The summed E-state index contributed by atoms with van der Waals surface area (Å²) in [5, 5.41) is 0. The number of hydrogen-bond acceptors (Lipinski definition) is 1. The topological polar surface area (TPSA) is 9.23 Å². The van der Waals surface area contributed by atoms with Gasteiger partial charge in [-0.25, -0.2) is 0 Å². The van der Waals surface area contributed by atoms with Crippen LogP contribution in [0.2, 0.25) is 0 Å². The zero-order chi connectivity index (χ0) is 10.4. The van der Waals surface area contributed by atoms with Gasteiger partial charge in [0.15, 0.2) is 0 Å². The maximum Gasteiger partial charge on any atom is 0.102 e. The summed E-state index contributed by atoms with van der Waals surface area (Å²) in [4.78, 5) is 0. The number of ether oxygens (including phenoxy) is 1. The molecule has 2 aliphatic heterocycles. The molecule has 1 aromatic rings. The first-order valence-electron chi connectivity index (χ1n) is 5.70. The lowest BCUT2D eigenvalue weighted by molar-refractivity contribution is 0.0878. The fraction of sp³-hybridized carbons (Fsp3) is 0.429. The molecular weight excluding hydrogens is 184 g/mol. The van der Waals surface area contributed by atoms with Crippen molar-refractivity contribution in [1.82, 2.24) is 0 Å². The summed E-state index contributed by atoms with van der Waals surface area (Å²) in [6.07, 6.45) is 5.96. The average Bonchev–Trinajstić information content (AvgIpc) is 2.76. The Balaban J connectivity index is 1.96. The van der Waals surface area contributed by atoms with Crippen LogP contribution in [-0.4, -0.2) is 0 Å². The number of fused-ring (bicyclic) bond motifs is 5. The number of hydrogen-bond donors (Lipinski definition) is 0. The van der Waals surface area contributed by atoms with E-state index in [1.165, 1.54) is 16.7 Å². The second kappa shape index (κ2) is 3.21. The van der Waals surface area contributed by atoms with E-state index in [4.69, 9.17) is 4.74 Å². The summed E-state index contributed by atoms with van der Waals surface area (Å²) in [6, 6.07) is 6.81. The van der Waals surface area contributed by atoms with E-state index >= 15 is 0 Å². The van der Waals surface area contributed by atoms with Crippen molar-refractivity contribution in [3.8, 4) is 0 Å². The summed E-state index contributed by atoms with van der Waals surface area (Å²) >= 11 is 0. The zero-order valence-corrected chi connectivity index (χ0v) is 9.23. The molecule has 0 aromatic heterocycles. The van der Waals surface area contributed by atoms with Gasteiger partial charge in [-0.05, 0) is 29.0 Å². The molecule has 0 aliphatic carbocycles. The Kier molecular flexibility index (Phi) is 1.96. The fourth-order valence-corrected chi connectivity index (χ4v) is 2.53. The average molecular weight is 200 g/mol. The van der Waals surface area contributed by atoms with Crippen LogP contribution < -0.4 is 0 Å². The molecule has 0 radical (unpaired) electrons. The van der Waals surface area contributed by atoms with Crippen LogP contribution in [0, 0.1) is 5.92 Å². The molecule has 1 nitrogen and oxygen atoms in total. The molecule has 0 N–H and O–H groups in total. The first kappa shape index (κ1) is 9.17. The van der Waals surface area contributed by atoms with Crippen molar-refractivity contribution in [3.63, 3.8) is 0 Å². The maximum absolute atomic E-state index is 5.79. The van der Waals surface area contributed by atoms with Crippen molar-refractivity contribution >= 4 is 0 Å². The Labute approximate surface area is 90.8 Å². The third-order valence-electron chi connectivity index (χ3n) is 3.16. The van der Waals surface area contributed by atoms with Crippen molar-refractivity contribution in [3.05, 3.63) is 47.0 Å². The van der Waals surface area contributed by atoms with E-state index in [9.17, 15) is 0 Å². The molecule has 0 saturated heterocycles. The van der Waals surface area contributed by atoms with Gasteiger partial charge in [0.2, 0.25) is 0 Å². The van der Waals surface area contributed by atoms with Crippen LogP contribution in [0.3, 0.4) is 0 Å². The molecule has 2 heterocycles. The summed E-state index contributed by atoms with van der Waals surface area (Å²) < 4.78 is 5.79. The van der Waals surface area contributed by atoms with Crippen LogP contribution in [-0.2, 0) is 11.2 Å². The number of rotatable bonds is 2. The van der Waals surface area contributed by atoms with Gasteiger partial charge in [0.1, 0.15) is 12.2 Å². The first-order chi connectivity index (χ1) is 7.24. The van der Waals surface area contributed by atoms with E-state index in [1.54, 1.807) is 0 Å². The summed E-state index contributed by atoms with van der Waals surface area (Å²) in [5.41, 5.74) is 4.20. The maximum atomic E-state index is 5.79. The Morgan fingerprint density at radius 1 is 1.13 bits per heavy atom. The molecule has 2 bridgehead atoms. The van der Waals surface area contributed by atoms with Crippen LogP contribution in [0.4, 0.5) is 0 Å². The molecule has 78 valence electrons. The largest absolute Gasteiger partial charge is 0.357 e. The lowest BCUT2D eigenvalue weighted by atomic mass is 9.92. The molecule has 0 fully saturated rings. The van der Waals surface area contributed by atoms with Gasteiger partial charge < -0.3 is 4.74 Å². The van der Waals surface area contributed by atoms with Crippen LogP contribution >= 0.6 is 0 Å². The highest BCUT2D eigenvalue weighted by atomic mass is 16.5. The lowest BCUT2D eigenvalue weighted by Gasteiger charge is -2.10. The molecule has 0 spiro atoms. The lowest BCUT2D eigenvalue weighted by Crippen LogP contribution is -1.98. The molecule has 1 aromatic carbocycles. The van der Waals surface area contributed by atoms with Gasteiger partial charge in [-0.15, -0.1) is 0 Å². The minimum atomic E-state index is 0.233. The predicted molar refractivity (Wildman–Crippen MR) is 60.7 cm³/mol. The Morgan fingerprint density at radius 2 is 1.87 bits per heavy atom. The summed E-state index contributed by atoms with van der Waals surface area (Å²) in [6.45, 7) is 4.52. The third kappa shape index (κ3) is 1.42. The van der Waals surface area contributed by atoms with Gasteiger partial charge in [0, 0.05) is 0 Å². The van der Waals surface area contributed by atoms with E-state index in [2.05, 4.69) is 44.2 Å². The van der Waals surface area contributed by atoms with Gasteiger partial charge in [-0.2, -0.15) is 0 Å². The van der Waals surface area contributed by atoms with Crippen molar-refractivity contribution in [2.24, 2.45) is 5.92 Å². The fourth-order valence-electron chi connectivity index (χ4n) is 2.53. The standard InChI is InChI=1S/C14H16O/c1-9(2)7-10-3-4-11-12(8-10)14-6-5-13(11)15-14/h3-6,8-9,13-14H,7H2,1-2H3. The van der Waals surface area contributed by atoms with Crippen LogP contribution in [0.1, 0.15) is 42.7 Å². The van der Waals surface area contributed by atoms with Crippen molar-refractivity contribution in [1.29, 1.82) is 0 Å². The molecule has 0 amide bonds. The Morgan fingerprint density at radius 3 is 2.60 bits per heavy atom. The van der Waals surface area contributed by atoms with Crippen LogP contribution in [0.25, 0.3) is 0 Å². The molecular formula is C14H16O. The monoisotopic (exact) mass is 200 g/mol. The van der Waals surface area contributed by atoms with E-state index in [0.717, 1.165) is 12.3 Å². The van der Waals surface area contributed by atoms with Crippen molar-refractivity contribution in [2.45, 2.75) is 32.5 Å². The van der Waals surface area contributed by atoms with E-state index in [1.807, 2.05) is 0 Å². The minimum absolute atomic E-state index is 0.233. The van der Waals surface area contributed by atoms with Crippen LogP contribution in [0.15, 0.2) is 30.4 Å². The van der Waals surface area contributed by atoms with Gasteiger partial charge >= 0.3 is 0 Å². The molecule has 2 unspecified atom stereocenters. The molecule has 2 aliphatic rings. The number of benzene rings is 1. The third-order valence-corrected chi connectivity index (χ3v) is 3.16. The second-order valence-electron chi connectivity index (χ2n) is 4.92. The van der Waals surface area contributed by atoms with Gasteiger partial charge in [-0.1, -0.05) is 44.2 Å². The normalized spacial score (nSPS) is 26.3. The highest BCUT2D eigenvalue weighted by Gasteiger charge is 2.33. The quantitative estimate of drug-likeness (QED) is 0.663. The van der Waals surface area contributed by atoms with Gasteiger partial charge in [0.05, 0.1) is 0 Å². The highest BCUT2D eigenvalue weighted by Crippen LogP contribution is 2.45. The molecule has 2 atom stereocenters.